The summed E-state index contributed by atoms with van der Waals surface area (Å²) in [6, 6.07) is 6.95. The van der Waals surface area contributed by atoms with E-state index >= 15 is 0 Å². The lowest BCUT2D eigenvalue weighted by Gasteiger charge is -2.18. The van der Waals surface area contributed by atoms with E-state index in [0.29, 0.717) is 5.92 Å². The molecular formula is C25H36N2. The molecule has 0 fully saturated rings. The number of hydrogen-bond donors (Lipinski definition) is 2. The number of allylic oxidation sites excluding steroid dienone is 6. The largest absolute Gasteiger partial charge is 0.386 e. The van der Waals surface area contributed by atoms with Gasteiger partial charge >= 0.3 is 0 Å². The smallest absolute Gasteiger partial charge is 0.0590 e. The molecule has 27 heavy (non-hydrogen) atoms. The van der Waals surface area contributed by atoms with Crippen LogP contribution in [0.2, 0.25) is 0 Å². The SMILES string of the molecule is C/C=C\C=C/C/C1=C(\NC)C(=N)CCC(CCCC)Cc2ccc1c(C)c2. The number of benzene rings is 1. The van der Waals surface area contributed by atoms with E-state index < -0.39 is 0 Å². The lowest BCUT2D eigenvalue weighted by molar-refractivity contribution is 0.438. The summed E-state index contributed by atoms with van der Waals surface area (Å²) in [7, 11) is 1.96. The van der Waals surface area contributed by atoms with Crippen molar-refractivity contribution in [1.82, 2.24) is 5.32 Å². The molecule has 1 aromatic carbocycles. The average molecular weight is 365 g/mol. The Kier molecular flexibility index (Phi) is 8.57. The molecule has 2 aliphatic carbocycles. The van der Waals surface area contributed by atoms with E-state index in [1.54, 1.807) is 0 Å². The van der Waals surface area contributed by atoms with Gasteiger partial charge in [0, 0.05) is 7.05 Å². The summed E-state index contributed by atoms with van der Waals surface area (Å²) < 4.78 is 0. The van der Waals surface area contributed by atoms with Crippen LogP contribution in [-0.4, -0.2) is 12.8 Å². The molecule has 0 aromatic heterocycles. The molecule has 2 N–H and O–H groups in total. The van der Waals surface area contributed by atoms with Gasteiger partial charge in [-0.3, -0.25) is 0 Å². The fourth-order valence-electron chi connectivity index (χ4n) is 4.05. The Balaban J connectivity index is 2.46. The molecule has 0 amide bonds. The minimum atomic E-state index is 0.671. The first-order valence-electron chi connectivity index (χ1n) is 10.5. The molecule has 1 aromatic rings. The zero-order chi connectivity index (χ0) is 19.6. The van der Waals surface area contributed by atoms with Crippen LogP contribution in [0.5, 0.6) is 0 Å². The molecule has 146 valence electrons. The zero-order valence-corrected chi connectivity index (χ0v) is 17.6. The van der Waals surface area contributed by atoms with Crippen LogP contribution in [0.15, 0.2) is 48.2 Å². The van der Waals surface area contributed by atoms with Gasteiger partial charge in [-0.1, -0.05) is 68.7 Å². The summed E-state index contributed by atoms with van der Waals surface area (Å²) in [5, 5.41) is 12.1. The van der Waals surface area contributed by atoms with Gasteiger partial charge in [-0.15, -0.1) is 0 Å². The van der Waals surface area contributed by atoms with E-state index in [2.05, 4.69) is 55.6 Å². The summed E-state index contributed by atoms with van der Waals surface area (Å²) >= 11 is 0. The summed E-state index contributed by atoms with van der Waals surface area (Å²) in [5.41, 5.74) is 7.02. The Bertz CT molecular complexity index is 722. The highest BCUT2D eigenvalue weighted by Crippen LogP contribution is 2.31. The van der Waals surface area contributed by atoms with E-state index in [1.165, 1.54) is 41.5 Å². The summed E-state index contributed by atoms with van der Waals surface area (Å²) in [6.07, 6.45) is 16.1. The van der Waals surface area contributed by atoms with Gasteiger partial charge in [0.05, 0.1) is 11.4 Å². The van der Waals surface area contributed by atoms with Gasteiger partial charge < -0.3 is 10.7 Å². The van der Waals surface area contributed by atoms with Crippen LogP contribution in [0.1, 0.15) is 69.1 Å². The third-order valence-corrected chi connectivity index (χ3v) is 5.52. The minimum absolute atomic E-state index is 0.671. The highest BCUT2D eigenvalue weighted by atomic mass is 14.9. The molecule has 0 saturated carbocycles. The highest BCUT2D eigenvalue weighted by Gasteiger charge is 2.19. The quantitative estimate of drug-likeness (QED) is 0.525. The normalized spacial score (nSPS) is 21.2. The van der Waals surface area contributed by atoms with Crippen molar-refractivity contribution >= 4 is 11.3 Å². The van der Waals surface area contributed by atoms with Crippen LogP contribution in [0.4, 0.5) is 0 Å². The summed E-state index contributed by atoms with van der Waals surface area (Å²) in [4.78, 5) is 0. The monoisotopic (exact) mass is 364 g/mol. The lowest BCUT2D eigenvalue weighted by atomic mass is 9.89. The fraction of sp³-hybridized carbons (Fsp3) is 0.480. The number of hydrogen-bond acceptors (Lipinski definition) is 2. The van der Waals surface area contributed by atoms with Gasteiger partial charge in [-0.05, 0) is 67.7 Å². The second kappa shape index (κ2) is 10.9. The van der Waals surface area contributed by atoms with Crippen molar-refractivity contribution in [2.75, 3.05) is 7.05 Å². The van der Waals surface area contributed by atoms with Crippen LogP contribution < -0.4 is 5.32 Å². The average Bonchev–Trinajstić information content (AvgIpc) is 2.69. The Hall–Kier alpha value is -2.09. The van der Waals surface area contributed by atoms with Crippen molar-refractivity contribution in [1.29, 1.82) is 5.41 Å². The maximum absolute atomic E-state index is 8.76. The third-order valence-electron chi connectivity index (χ3n) is 5.52. The molecule has 2 bridgehead atoms. The van der Waals surface area contributed by atoms with E-state index in [1.807, 2.05) is 20.0 Å². The molecule has 2 nitrogen and oxygen atoms in total. The molecule has 0 heterocycles. The van der Waals surface area contributed by atoms with Crippen molar-refractivity contribution in [2.24, 2.45) is 5.92 Å². The molecule has 0 radical (unpaired) electrons. The van der Waals surface area contributed by atoms with Gasteiger partial charge in [0.25, 0.3) is 0 Å². The van der Waals surface area contributed by atoms with Crippen molar-refractivity contribution in [2.45, 2.75) is 65.7 Å². The molecule has 0 saturated heterocycles. The van der Waals surface area contributed by atoms with Crippen LogP contribution in [0, 0.1) is 18.3 Å². The second-order valence-corrected chi connectivity index (χ2v) is 7.64. The molecular weight excluding hydrogens is 328 g/mol. The molecule has 2 aliphatic rings. The van der Waals surface area contributed by atoms with Crippen LogP contribution in [-0.2, 0) is 6.42 Å². The first kappa shape index (κ1) is 21.2. The van der Waals surface area contributed by atoms with Crippen LogP contribution >= 0.6 is 0 Å². The van der Waals surface area contributed by atoms with E-state index in [4.69, 9.17) is 5.41 Å². The van der Waals surface area contributed by atoms with E-state index in [0.717, 1.165) is 37.1 Å². The van der Waals surface area contributed by atoms with Crippen LogP contribution in [0.3, 0.4) is 0 Å². The lowest BCUT2D eigenvalue weighted by Crippen LogP contribution is -2.19. The van der Waals surface area contributed by atoms with Gasteiger partial charge in [-0.2, -0.15) is 0 Å². The predicted molar refractivity (Wildman–Crippen MR) is 119 cm³/mol. The first-order valence-corrected chi connectivity index (χ1v) is 10.5. The maximum Gasteiger partial charge on any atom is 0.0590 e. The van der Waals surface area contributed by atoms with Crippen LogP contribution in [0.25, 0.3) is 5.57 Å². The van der Waals surface area contributed by atoms with Crippen molar-refractivity contribution in [3.63, 3.8) is 0 Å². The number of nitrogens with one attached hydrogen (secondary N) is 2. The summed E-state index contributed by atoms with van der Waals surface area (Å²) in [5.74, 6) is 0.671. The Morgan fingerprint density at radius 1 is 1.26 bits per heavy atom. The molecule has 2 heteroatoms. The minimum Gasteiger partial charge on any atom is -0.386 e. The maximum atomic E-state index is 8.76. The zero-order valence-electron chi connectivity index (χ0n) is 17.6. The number of aryl methyl sites for hydroxylation is 1. The van der Waals surface area contributed by atoms with Gasteiger partial charge in [0.1, 0.15) is 0 Å². The number of rotatable bonds is 7. The molecule has 3 rings (SSSR count). The Labute approximate surface area is 166 Å². The summed E-state index contributed by atoms with van der Waals surface area (Å²) in [6.45, 7) is 6.51. The highest BCUT2D eigenvalue weighted by molar-refractivity contribution is 6.04. The first-order chi connectivity index (χ1) is 13.1. The Morgan fingerprint density at radius 3 is 2.74 bits per heavy atom. The topological polar surface area (TPSA) is 35.9 Å². The molecule has 0 aliphatic heterocycles. The predicted octanol–water partition coefficient (Wildman–Crippen LogP) is 6.61. The third kappa shape index (κ3) is 5.95. The van der Waals surface area contributed by atoms with Gasteiger partial charge in [-0.25, -0.2) is 0 Å². The van der Waals surface area contributed by atoms with Gasteiger partial charge in [0.2, 0.25) is 0 Å². The van der Waals surface area contributed by atoms with Crippen molar-refractivity contribution in [3.05, 3.63) is 64.9 Å². The van der Waals surface area contributed by atoms with E-state index in [-0.39, 0.29) is 0 Å². The van der Waals surface area contributed by atoms with Crippen molar-refractivity contribution < 1.29 is 0 Å². The molecule has 1 atom stereocenters. The Morgan fingerprint density at radius 2 is 2.07 bits per heavy atom. The standard InChI is InChI=1S/C25H36N2/c1-5-7-9-10-12-23-22-15-13-21(17-19(22)3)18-20(11-8-6-2)14-16-24(26)25(23)27-4/h5,7,9-10,13,15,17,20,26-27H,6,8,11-12,14,16,18H2,1-4H3/b7-5-,10-9-,25-23+,26-24?. The second-order valence-electron chi connectivity index (χ2n) is 7.64. The fourth-order valence-corrected chi connectivity index (χ4v) is 4.05. The van der Waals surface area contributed by atoms with E-state index in [9.17, 15) is 0 Å². The number of fused-ring (bicyclic) bond motifs is 7. The number of unbranched alkanes of at least 4 members (excludes halogenated alkanes) is 1. The van der Waals surface area contributed by atoms with Crippen molar-refractivity contribution in [3.8, 4) is 0 Å². The molecule has 0 spiro atoms. The molecule has 1 unspecified atom stereocenters. The van der Waals surface area contributed by atoms with Gasteiger partial charge in [0.15, 0.2) is 0 Å².